The number of nitrogens with one attached hydrogen (secondary N) is 2. The SMILES string of the molecule is CC(C)C[C@H]1C(=O)N2CCC[C@H]2[C@]2(O)O[C@@](C)(NC(=O)[C@@H]3C[C@@H]4c5cccc6[nH]cc(c56)C[C@H]4N(C)C3)C(=O)N12. The maximum absolute atomic E-state index is 14.0. The molecule has 5 aliphatic rings. The first-order valence-electron chi connectivity index (χ1n) is 14.7. The first kappa shape index (κ1) is 26.0. The largest absolute Gasteiger partial charge is 0.361 e. The number of aromatic amines is 1. The molecule has 3 amide bonds. The average molecular weight is 550 g/mol. The van der Waals surface area contributed by atoms with Crippen molar-refractivity contribution in [3.8, 4) is 0 Å². The molecule has 40 heavy (non-hydrogen) atoms. The maximum atomic E-state index is 14.0. The summed E-state index contributed by atoms with van der Waals surface area (Å²) in [6, 6.07) is 5.14. The van der Waals surface area contributed by atoms with Crippen LogP contribution in [0.5, 0.6) is 0 Å². The second-order valence-corrected chi connectivity index (χ2v) is 13.1. The minimum atomic E-state index is -1.97. The van der Waals surface area contributed by atoms with E-state index in [1.54, 1.807) is 4.90 Å². The van der Waals surface area contributed by atoms with Crippen LogP contribution in [-0.2, 0) is 25.5 Å². The summed E-state index contributed by atoms with van der Waals surface area (Å²) in [6.45, 7) is 6.58. The summed E-state index contributed by atoms with van der Waals surface area (Å²) in [4.78, 5) is 49.8. The van der Waals surface area contributed by atoms with Gasteiger partial charge in [-0.2, -0.15) is 0 Å². The third-order valence-electron chi connectivity index (χ3n) is 10.0. The molecule has 7 rings (SSSR count). The fourth-order valence-corrected chi connectivity index (χ4v) is 8.29. The predicted octanol–water partition coefficient (Wildman–Crippen LogP) is 1.88. The minimum Gasteiger partial charge on any atom is -0.361 e. The highest BCUT2D eigenvalue weighted by molar-refractivity contribution is 5.97. The number of carbonyl (C=O) groups is 3. The molecule has 3 N–H and O–H groups in total. The Labute approximate surface area is 234 Å². The van der Waals surface area contributed by atoms with Gasteiger partial charge in [0.1, 0.15) is 12.1 Å². The van der Waals surface area contributed by atoms with Crippen molar-refractivity contribution in [1.29, 1.82) is 0 Å². The zero-order valence-corrected chi connectivity index (χ0v) is 23.6. The number of benzene rings is 1. The summed E-state index contributed by atoms with van der Waals surface area (Å²) in [5, 5.41) is 16.1. The number of likely N-dealkylation sites (N-methyl/N-ethyl adjacent to an activating group) is 1. The maximum Gasteiger partial charge on any atom is 0.280 e. The highest BCUT2D eigenvalue weighted by atomic mass is 16.7. The summed E-state index contributed by atoms with van der Waals surface area (Å²) in [7, 11) is 2.06. The van der Waals surface area contributed by atoms with Crippen molar-refractivity contribution in [3.05, 3.63) is 35.5 Å². The molecule has 1 aliphatic carbocycles. The molecular formula is C30H39N5O5. The Morgan fingerprint density at radius 2 is 2.10 bits per heavy atom. The van der Waals surface area contributed by atoms with E-state index in [0.29, 0.717) is 38.4 Å². The molecule has 4 fully saturated rings. The Kier molecular flexibility index (Phi) is 5.70. The van der Waals surface area contributed by atoms with Crippen molar-refractivity contribution >= 4 is 28.6 Å². The topological polar surface area (TPSA) is 118 Å². The van der Waals surface area contributed by atoms with Gasteiger partial charge in [-0.15, -0.1) is 0 Å². The molecule has 2 aromatic rings. The number of piperidine rings is 1. The van der Waals surface area contributed by atoms with E-state index in [-0.39, 0.29) is 29.6 Å². The molecule has 1 aromatic heterocycles. The van der Waals surface area contributed by atoms with E-state index in [1.807, 2.05) is 13.8 Å². The van der Waals surface area contributed by atoms with Gasteiger partial charge in [-0.05, 0) is 69.2 Å². The lowest BCUT2D eigenvalue weighted by Crippen LogP contribution is -2.71. The molecular weight excluding hydrogens is 510 g/mol. The van der Waals surface area contributed by atoms with E-state index in [2.05, 4.69) is 46.6 Å². The molecule has 0 radical (unpaired) electrons. The summed E-state index contributed by atoms with van der Waals surface area (Å²) in [5.41, 5.74) is 1.93. The molecule has 0 bridgehead atoms. The number of piperazine rings is 1. The van der Waals surface area contributed by atoms with Gasteiger partial charge in [-0.3, -0.25) is 24.0 Å². The van der Waals surface area contributed by atoms with Crippen molar-refractivity contribution in [2.75, 3.05) is 20.1 Å². The second kappa shape index (κ2) is 8.77. The number of amides is 3. The van der Waals surface area contributed by atoms with Crippen LogP contribution in [0.2, 0.25) is 0 Å². The lowest BCUT2D eigenvalue weighted by molar-refractivity contribution is -0.315. The molecule has 0 unspecified atom stereocenters. The van der Waals surface area contributed by atoms with Crippen molar-refractivity contribution in [3.63, 3.8) is 0 Å². The zero-order chi connectivity index (χ0) is 28.1. The van der Waals surface area contributed by atoms with E-state index in [4.69, 9.17) is 4.74 Å². The van der Waals surface area contributed by atoms with Crippen LogP contribution in [0, 0.1) is 11.8 Å². The van der Waals surface area contributed by atoms with E-state index < -0.39 is 29.6 Å². The van der Waals surface area contributed by atoms with E-state index in [0.717, 1.165) is 18.4 Å². The standard InChI is InChI=1S/C30H39N5O5/c1-16(2)11-23-27(37)34-10-6-9-24(34)30(39)35(23)28(38)29(3,40-30)32-26(36)18-12-20-19-7-5-8-21-25(19)17(14-31-21)13-22(20)33(4)15-18/h5,7-8,14,16,18,20,22-24,31,39H,6,9-13,15H2,1-4H3,(H,32,36)/t18-,20-,22-,23+,24+,29-,30+/m1/s1. The molecule has 0 spiro atoms. The number of ether oxygens (including phenoxy) is 1. The van der Waals surface area contributed by atoms with Crippen LogP contribution in [0.25, 0.3) is 10.9 Å². The molecule has 214 valence electrons. The second-order valence-electron chi connectivity index (χ2n) is 13.1. The smallest absolute Gasteiger partial charge is 0.280 e. The zero-order valence-electron chi connectivity index (χ0n) is 23.6. The van der Waals surface area contributed by atoms with Crippen LogP contribution in [0.3, 0.4) is 0 Å². The van der Waals surface area contributed by atoms with Gasteiger partial charge < -0.3 is 25.2 Å². The third kappa shape index (κ3) is 3.55. The lowest BCUT2D eigenvalue weighted by atomic mass is 9.72. The van der Waals surface area contributed by atoms with Gasteiger partial charge in [0.2, 0.25) is 17.5 Å². The highest BCUT2D eigenvalue weighted by Crippen LogP contribution is 2.47. The number of H-pyrrole nitrogens is 1. The fraction of sp³-hybridized carbons (Fsp3) is 0.633. The Morgan fingerprint density at radius 1 is 1.30 bits per heavy atom. The number of fused-ring (bicyclic) bond motifs is 5. The van der Waals surface area contributed by atoms with Gasteiger partial charge >= 0.3 is 0 Å². The molecule has 1 aromatic carbocycles. The summed E-state index contributed by atoms with van der Waals surface area (Å²) in [5.74, 6) is -3.01. The first-order valence-corrected chi connectivity index (χ1v) is 14.7. The van der Waals surface area contributed by atoms with E-state index >= 15 is 0 Å². The number of nitrogens with zero attached hydrogens (tertiary/aromatic N) is 3. The van der Waals surface area contributed by atoms with Crippen LogP contribution in [-0.4, -0.2) is 92.4 Å². The molecule has 7 atom stereocenters. The molecule has 4 saturated heterocycles. The highest BCUT2D eigenvalue weighted by Gasteiger charge is 2.70. The van der Waals surface area contributed by atoms with Crippen LogP contribution in [0.4, 0.5) is 0 Å². The van der Waals surface area contributed by atoms with Gasteiger partial charge in [0.15, 0.2) is 0 Å². The van der Waals surface area contributed by atoms with Gasteiger partial charge in [0.25, 0.3) is 11.8 Å². The summed E-state index contributed by atoms with van der Waals surface area (Å²) in [6.07, 6.45) is 5.36. The van der Waals surface area contributed by atoms with Crippen molar-refractivity contribution in [2.24, 2.45) is 11.8 Å². The van der Waals surface area contributed by atoms with E-state index in [1.165, 1.54) is 28.3 Å². The number of hydrogen-bond donors (Lipinski definition) is 3. The Hall–Kier alpha value is -2.95. The summed E-state index contributed by atoms with van der Waals surface area (Å²) < 4.78 is 6.19. The van der Waals surface area contributed by atoms with Crippen LogP contribution < -0.4 is 5.32 Å². The van der Waals surface area contributed by atoms with Crippen molar-refractivity contribution < 1.29 is 24.2 Å². The number of hydrogen-bond acceptors (Lipinski definition) is 6. The Morgan fingerprint density at radius 3 is 2.88 bits per heavy atom. The molecule has 10 heteroatoms. The molecule has 4 aliphatic heterocycles. The summed E-state index contributed by atoms with van der Waals surface area (Å²) >= 11 is 0. The van der Waals surface area contributed by atoms with Crippen LogP contribution >= 0.6 is 0 Å². The van der Waals surface area contributed by atoms with Gasteiger partial charge in [0, 0.05) is 42.1 Å². The monoisotopic (exact) mass is 549 g/mol. The number of aliphatic hydroxyl groups is 1. The number of aromatic nitrogens is 1. The fourth-order valence-electron chi connectivity index (χ4n) is 8.29. The third-order valence-corrected chi connectivity index (χ3v) is 10.0. The number of rotatable bonds is 4. The van der Waals surface area contributed by atoms with Crippen LogP contribution in [0.15, 0.2) is 24.4 Å². The number of likely N-dealkylation sites (tertiary alicyclic amines) is 1. The molecule has 0 saturated carbocycles. The van der Waals surface area contributed by atoms with Crippen molar-refractivity contribution in [2.45, 2.75) is 88.6 Å². The average Bonchev–Trinajstić information content (AvgIpc) is 3.60. The van der Waals surface area contributed by atoms with Crippen LogP contribution in [0.1, 0.15) is 63.5 Å². The quantitative estimate of drug-likeness (QED) is 0.536. The number of carbonyl (C=O) groups excluding carboxylic acids is 3. The normalized spacial score (nSPS) is 37.2. The molecule has 5 heterocycles. The molecule has 10 nitrogen and oxygen atoms in total. The van der Waals surface area contributed by atoms with Gasteiger partial charge in [0.05, 0.1) is 5.92 Å². The Balaban J connectivity index is 1.16. The lowest BCUT2D eigenvalue weighted by Gasteiger charge is -2.49. The Bertz CT molecular complexity index is 1410. The minimum absolute atomic E-state index is 0.123. The first-order chi connectivity index (χ1) is 19.0. The van der Waals surface area contributed by atoms with Crippen molar-refractivity contribution in [1.82, 2.24) is 25.0 Å². The van der Waals surface area contributed by atoms with Gasteiger partial charge in [-0.25, -0.2) is 0 Å². The van der Waals surface area contributed by atoms with Gasteiger partial charge in [-0.1, -0.05) is 26.0 Å². The predicted molar refractivity (Wildman–Crippen MR) is 147 cm³/mol. The van der Waals surface area contributed by atoms with E-state index in [9.17, 15) is 19.5 Å².